The van der Waals surface area contributed by atoms with E-state index < -0.39 is 0 Å². The number of aromatic nitrogens is 2. The van der Waals surface area contributed by atoms with Crippen molar-refractivity contribution in [3.63, 3.8) is 0 Å². The lowest BCUT2D eigenvalue weighted by Crippen LogP contribution is -2.44. The van der Waals surface area contributed by atoms with Gasteiger partial charge in [-0.3, -0.25) is 0 Å². The van der Waals surface area contributed by atoms with Crippen LogP contribution in [0.1, 0.15) is 18.9 Å². The molecule has 88 valence electrons. The molecule has 0 amide bonds. The smallest absolute Gasteiger partial charge is 0.208 e. The SMILES string of the molecule is Cc1nnc(N2CC3CNCC3C2(C)C)s1. The van der Waals surface area contributed by atoms with Gasteiger partial charge >= 0.3 is 0 Å². The first kappa shape index (κ1) is 10.5. The minimum absolute atomic E-state index is 0.208. The molecule has 2 unspecified atom stereocenters. The zero-order chi connectivity index (χ0) is 11.3. The number of rotatable bonds is 1. The highest BCUT2D eigenvalue weighted by Crippen LogP contribution is 2.43. The monoisotopic (exact) mass is 238 g/mol. The van der Waals surface area contributed by atoms with Gasteiger partial charge in [-0.1, -0.05) is 11.3 Å². The second-order valence-corrected chi connectivity index (χ2v) is 6.55. The van der Waals surface area contributed by atoms with Gasteiger partial charge in [0.2, 0.25) is 5.13 Å². The molecule has 2 saturated heterocycles. The van der Waals surface area contributed by atoms with E-state index in [2.05, 4.69) is 34.3 Å². The van der Waals surface area contributed by atoms with Gasteiger partial charge in [0.1, 0.15) is 5.01 Å². The molecule has 1 aromatic rings. The summed E-state index contributed by atoms with van der Waals surface area (Å²) >= 11 is 1.71. The van der Waals surface area contributed by atoms with Crippen LogP contribution >= 0.6 is 11.3 Å². The zero-order valence-corrected chi connectivity index (χ0v) is 10.8. The van der Waals surface area contributed by atoms with E-state index in [1.54, 1.807) is 11.3 Å². The molecule has 0 bridgehead atoms. The Morgan fingerprint density at radius 1 is 1.38 bits per heavy atom. The Kier molecular flexibility index (Phi) is 2.23. The van der Waals surface area contributed by atoms with Gasteiger partial charge in [0.05, 0.1) is 0 Å². The van der Waals surface area contributed by atoms with Crippen molar-refractivity contribution >= 4 is 16.5 Å². The van der Waals surface area contributed by atoms with Crippen LogP contribution in [0, 0.1) is 18.8 Å². The molecule has 0 saturated carbocycles. The van der Waals surface area contributed by atoms with Gasteiger partial charge in [-0.05, 0) is 32.6 Å². The highest BCUT2D eigenvalue weighted by atomic mass is 32.1. The Morgan fingerprint density at radius 2 is 2.19 bits per heavy atom. The number of hydrogen-bond acceptors (Lipinski definition) is 5. The molecule has 0 aromatic carbocycles. The Bertz CT molecular complexity index is 400. The van der Waals surface area contributed by atoms with Gasteiger partial charge in [-0.25, -0.2) is 0 Å². The fourth-order valence-electron chi connectivity index (χ4n) is 3.14. The molecule has 0 spiro atoms. The van der Waals surface area contributed by atoms with E-state index in [4.69, 9.17) is 0 Å². The van der Waals surface area contributed by atoms with Crippen LogP contribution in [0.4, 0.5) is 5.13 Å². The van der Waals surface area contributed by atoms with Gasteiger partial charge in [-0.15, -0.1) is 10.2 Å². The predicted octanol–water partition coefficient (Wildman–Crippen LogP) is 1.28. The van der Waals surface area contributed by atoms with Crippen LogP contribution in [0.15, 0.2) is 0 Å². The molecule has 2 aliphatic heterocycles. The molecule has 2 fully saturated rings. The van der Waals surface area contributed by atoms with Crippen LogP contribution in [0.3, 0.4) is 0 Å². The van der Waals surface area contributed by atoms with E-state index in [0.29, 0.717) is 0 Å². The van der Waals surface area contributed by atoms with Crippen molar-refractivity contribution in [1.29, 1.82) is 0 Å². The van der Waals surface area contributed by atoms with Gasteiger partial charge in [-0.2, -0.15) is 0 Å². The molecule has 3 rings (SSSR count). The number of nitrogens with one attached hydrogen (secondary N) is 1. The van der Waals surface area contributed by atoms with Crippen LogP contribution in [-0.2, 0) is 0 Å². The van der Waals surface area contributed by atoms with Crippen LogP contribution < -0.4 is 10.2 Å². The van der Waals surface area contributed by atoms with Gasteiger partial charge in [0.15, 0.2) is 0 Å². The van der Waals surface area contributed by atoms with Crippen molar-refractivity contribution < 1.29 is 0 Å². The third kappa shape index (κ3) is 1.38. The lowest BCUT2D eigenvalue weighted by molar-refractivity contribution is 0.356. The normalized spacial score (nSPS) is 32.1. The summed E-state index contributed by atoms with van der Waals surface area (Å²) in [5, 5.41) is 14.1. The van der Waals surface area contributed by atoms with E-state index in [9.17, 15) is 0 Å². The zero-order valence-electron chi connectivity index (χ0n) is 10.0. The van der Waals surface area contributed by atoms with Gasteiger partial charge in [0.25, 0.3) is 0 Å². The summed E-state index contributed by atoms with van der Waals surface area (Å²) in [6, 6.07) is 0. The molecule has 3 heterocycles. The topological polar surface area (TPSA) is 41.1 Å². The average Bonchev–Trinajstić information content (AvgIpc) is 2.85. The summed E-state index contributed by atoms with van der Waals surface area (Å²) in [6.07, 6.45) is 0. The van der Waals surface area contributed by atoms with E-state index in [0.717, 1.165) is 41.6 Å². The minimum Gasteiger partial charge on any atom is -0.341 e. The number of hydrogen-bond donors (Lipinski definition) is 1. The van der Waals surface area contributed by atoms with Crippen molar-refractivity contribution in [2.24, 2.45) is 11.8 Å². The summed E-state index contributed by atoms with van der Waals surface area (Å²) in [5.41, 5.74) is 0.208. The fourth-order valence-corrected chi connectivity index (χ4v) is 3.99. The van der Waals surface area contributed by atoms with Crippen LogP contribution in [-0.4, -0.2) is 35.4 Å². The molecule has 16 heavy (non-hydrogen) atoms. The molecule has 4 nitrogen and oxygen atoms in total. The fraction of sp³-hybridized carbons (Fsp3) is 0.818. The van der Waals surface area contributed by atoms with Crippen molar-refractivity contribution in [3.8, 4) is 0 Å². The third-order valence-electron chi connectivity index (χ3n) is 4.11. The highest BCUT2D eigenvalue weighted by molar-refractivity contribution is 7.15. The predicted molar refractivity (Wildman–Crippen MR) is 65.9 cm³/mol. The minimum atomic E-state index is 0.208. The molecule has 1 N–H and O–H groups in total. The molecule has 0 radical (unpaired) electrons. The maximum atomic E-state index is 4.29. The maximum absolute atomic E-state index is 4.29. The number of anilines is 1. The summed E-state index contributed by atoms with van der Waals surface area (Å²) in [6.45, 7) is 10.1. The standard InChI is InChI=1S/C11H18N4S/c1-7-13-14-10(16-7)15-6-8-4-12-5-9(8)11(15,2)3/h8-9,12H,4-6H2,1-3H3. The average molecular weight is 238 g/mol. The molecular weight excluding hydrogens is 220 g/mol. The Balaban J connectivity index is 1.92. The summed E-state index contributed by atoms with van der Waals surface area (Å²) in [4.78, 5) is 2.45. The quantitative estimate of drug-likeness (QED) is 0.800. The Labute approximate surface area is 100 Å². The molecule has 1 aromatic heterocycles. The first-order valence-electron chi connectivity index (χ1n) is 5.87. The lowest BCUT2D eigenvalue weighted by atomic mass is 9.85. The Morgan fingerprint density at radius 3 is 2.81 bits per heavy atom. The van der Waals surface area contributed by atoms with Crippen LogP contribution in [0.5, 0.6) is 0 Å². The first-order valence-corrected chi connectivity index (χ1v) is 6.69. The number of nitrogens with zero attached hydrogens (tertiary/aromatic N) is 3. The highest BCUT2D eigenvalue weighted by Gasteiger charge is 2.50. The molecule has 0 aliphatic carbocycles. The summed E-state index contributed by atoms with van der Waals surface area (Å²) in [7, 11) is 0. The Hall–Kier alpha value is -0.680. The molecule has 5 heteroatoms. The largest absolute Gasteiger partial charge is 0.341 e. The van der Waals surface area contributed by atoms with Crippen molar-refractivity contribution in [2.45, 2.75) is 26.3 Å². The van der Waals surface area contributed by atoms with Crippen molar-refractivity contribution in [1.82, 2.24) is 15.5 Å². The van der Waals surface area contributed by atoms with Crippen molar-refractivity contribution in [2.75, 3.05) is 24.5 Å². The van der Waals surface area contributed by atoms with Crippen LogP contribution in [0.2, 0.25) is 0 Å². The van der Waals surface area contributed by atoms with E-state index >= 15 is 0 Å². The summed E-state index contributed by atoms with van der Waals surface area (Å²) < 4.78 is 0. The maximum Gasteiger partial charge on any atom is 0.208 e. The molecule has 2 aliphatic rings. The van der Waals surface area contributed by atoms with Crippen molar-refractivity contribution in [3.05, 3.63) is 5.01 Å². The number of fused-ring (bicyclic) bond motifs is 1. The lowest BCUT2D eigenvalue weighted by Gasteiger charge is -2.35. The second kappa shape index (κ2) is 3.40. The summed E-state index contributed by atoms with van der Waals surface area (Å²) in [5.74, 6) is 1.52. The van der Waals surface area contributed by atoms with E-state index in [1.807, 2.05) is 6.92 Å². The van der Waals surface area contributed by atoms with E-state index in [1.165, 1.54) is 0 Å². The molecule has 2 atom stereocenters. The van der Waals surface area contributed by atoms with Crippen LogP contribution in [0.25, 0.3) is 0 Å². The molecular formula is C11H18N4S. The van der Waals surface area contributed by atoms with E-state index in [-0.39, 0.29) is 5.54 Å². The van der Waals surface area contributed by atoms with Gasteiger partial charge < -0.3 is 10.2 Å². The second-order valence-electron chi connectivity index (χ2n) is 5.39. The number of aryl methyl sites for hydroxylation is 1. The van der Waals surface area contributed by atoms with Gasteiger partial charge in [0, 0.05) is 25.2 Å². The first-order chi connectivity index (χ1) is 7.59. The third-order valence-corrected chi connectivity index (χ3v) is 4.97.